The fourth-order valence-electron chi connectivity index (χ4n) is 3.89. The second-order valence-electron chi connectivity index (χ2n) is 7.32. The maximum absolute atomic E-state index is 13.4. The van der Waals surface area contributed by atoms with E-state index in [0.717, 1.165) is 25.7 Å². The Bertz CT molecular complexity index is 926. The predicted octanol–water partition coefficient (Wildman–Crippen LogP) is 2.54. The van der Waals surface area contributed by atoms with Crippen LogP contribution in [-0.4, -0.2) is 50.3 Å². The Morgan fingerprint density at radius 1 is 1.17 bits per heavy atom. The van der Waals surface area contributed by atoms with Crippen molar-refractivity contribution in [3.05, 3.63) is 42.0 Å². The van der Waals surface area contributed by atoms with Crippen LogP contribution in [0.15, 0.2) is 40.0 Å². The molecule has 1 amide bonds. The third-order valence-corrected chi connectivity index (χ3v) is 5.32. The number of aliphatic carboxylic acids is 1. The van der Waals surface area contributed by atoms with Crippen LogP contribution < -0.4 is 5.01 Å². The van der Waals surface area contributed by atoms with E-state index in [1.807, 2.05) is 18.2 Å². The van der Waals surface area contributed by atoms with Gasteiger partial charge in [0, 0.05) is 19.9 Å². The van der Waals surface area contributed by atoms with Gasteiger partial charge in [0.1, 0.15) is 5.71 Å². The molecule has 9 heteroatoms. The van der Waals surface area contributed by atoms with Gasteiger partial charge < -0.3 is 14.5 Å². The van der Waals surface area contributed by atoms with Crippen molar-refractivity contribution in [1.82, 2.24) is 15.0 Å². The lowest BCUT2D eigenvalue weighted by Crippen LogP contribution is -2.40. The molecule has 0 saturated carbocycles. The third kappa shape index (κ3) is 3.85. The highest BCUT2D eigenvalue weighted by atomic mass is 16.5. The molecule has 29 heavy (non-hydrogen) atoms. The zero-order chi connectivity index (χ0) is 20.4. The molecule has 1 aromatic carbocycles. The van der Waals surface area contributed by atoms with Crippen molar-refractivity contribution in [2.24, 2.45) is 5.10 Å². The summed E-state index contributed by atoms with van der Waals surface area (Å²) in [4.78, 5) is 31.2. The number of hydrazone groups is 1. The maximum atomic E-state index is 13.4. The predicted molar refractivity (Wildman–Crippen MR) is 104 cm³/mol. The van der Waals surface area contributed by atoms with E-state index >= 15 is 0 Å². The highest BCUT2D eigenvalue weighted by Crippen LogP contribution is 2.31. The Labute approximate surface area is 168 Å². The van der Waals surface area contributed by atoms with E-state index in [0.29, 0.717) is 23.9 Å². The van der Waals surface area contributed by atoms with Crippen LogP contribution >= 0.6 is 0 Å². The Kier molecular flexibility index (Phi) is 5.28. The lowest BCUT2D eigenvalue weighted by Gasteiger charge is -2.27. The van der Waals surface area contributed by atoms with Crippen molar-refractivity contribution < 1.29 is 19.2 Å². The SMILES string of the molecule is Cc1nc(C2CCCCCN2C(=O)C2=NN(c3ccccc3)C(C(=O)O)C2)no1. The van der Waals surface area contributed by atoms with E-state index in [9.17, 15) is 14.7 Å². The smallest absolute Gasteiger partial charge is 0.328 e. The summed E-state index contributed by atoms with van der Waals surface area (Å²) in [5, 5.41) is 19.5. The average Bonchev–Trinajstić information content (AvgIpc) is 3.28. The van der Waals surface area contributed by atoms with Gasteiger partial charge in [0.25, 0.3) is 5.91 Å². The molecular formula is C20H23N5O4. The average molecular weight is 397 g/mol. The zero-order valence-corrected chi connectivity index (χ0v) is 16.2. The number of para-hydroxylation sites is 1. The molecule has 1 N–H and O–H groups in total. The molecule has 3 heterocycles. The molecule has 0 aliphatic carbocycles. The van der Waals surface area contributed by atoms with E-state index in [2.05, 4.69) is 15.2 Å². The number of anilines is 1. The maximum Gasteiger partial charge on any atom is 0.328 e. The minimum Gasteiger partial charge on any atom is -0.480 e. The summed E-state index contributed by atoms with van der Waals surface area (Å²) < 4.78 is 5.12. The Morgan fingerprint density at radius 3 is 2.66 bits per heavy atom. The van der Waals surface area contributed by atoms with Crippen molar-refractivity contribution >= 4 is 23.3 Å². The Hall–Kier alpha value is -3.23. The lowest BCUT2D eigenvalue weighted by atomic mass is 10.1. The summed E-state index contributed by atoms with van der Waals surface area (Å²) in [5.74, 6) is -0.326. The first kappa shape index (κ1) is 19.1. The first-order chi connectivity index (χ1) is 14.0. The highest BCUT2D eigenvalue weighted by molar-refractivity contribution is 6.40. The van der Waals surface area contributed by atoms with Crippen LogP contribution in [0, 0.1) is 6.92 Å². The van der Waals surface area contributed by atoms with Gasteiger partial charge in [0.05, 0.1) is 11.7 Å². The monoisotopic (exact) mass is 397 g/mol. The van der Waals surface area contributed by atoms with Gasteiger partial charge >= 0.3 is 5.97 Å². The summed E-state index contributed by atoms with van der Waals surface area (Å²) in [6.45, 7) is 2.27. The van der Waals surface area contributed by atoms with Crippen LogP contribution in [0.1, 0.15) is 49.9 Å². The fourth-order valence-corrected chi connectivity index (χ4v) is 3.89. The molecule has 152 valence electrons. The molecule has 0 spiro atoms. The molecule has 2 aliphatic heterocycles. The Balaban J connectivity index is 1.63. The number of carbonyl (C=O) groups is 2. The van der Waals surface area contributed by atoms with Gasteiger partial charge in [-0.3, -0.25) is 9.80 Å². The van der Waals surface area contributed by atoms with E-state index in [1.54, 1.807) is 24.0 Å². The third-order valence-electron chi connectivity index (χ3n) is 5.32. The largest absolute Gasteiger partial charge is 0.480 e. The van der Waals surface area contributed by atoms with Gasteiger partial charge in [0.2, 0.25) is 5.89 Å². The number of hydrogen-bond acceptors (Lipinski definition) is 7. The zero-order valence-electron chi connectivity index (χ0n) is 16.2. The summed E-state index contributed by atoms with van der Waals surface area (Å²) in [7, 11) is 0. The van der Waals surface area contributed by atoms with Crippen molar-refractivity contribution in [1.29, 1.82) is 0 Å². The summed E-state index contributed by atoms with van der Waals surface area (Å²) in [6.07, 6.45) is 3.64. The topological polar surface area (TPSA) is 112 Å². The number of carboxylic acid groups (broad SMARTS) is 1. The van der Waals surface area contributed by atoms with Crippen molar-refractivity contribution in [3.8, 4) is 0 Å². The number of hydrogen-bond donors (Lipinski definition) is 1. The summed E-state index contributed by atoms with van der Waals surface area (Å²) >= 11 is 0. The number of benzene rings is 1. The van der Waals surface area contributed by atoms with E-state index in [-0.39, 0.29) is 24.1 Å². The fraction of sp³-hybridized carbons (Fsp3) is 0.450. The normalized spacial score (nSPS) is 22.3. The molecule has 4 rings (SSSR count). The second-order valence-corrected chi connectivity index (χ2v) is 7.32. The molecule has 1 saturated heterocycles. The molecule has 0 bridgehead atoms. The van der Waals surface area contributed by atoms with Gasteiger partial charge in [-0.05, 0) is 25.0 Å². The van der Waals surface area contributed by atoms with E-state index < -0.39 is 12.0 Å². The van der Waals surface area contributed by atoms with Crippen LogP contribution in [0.25, 0.3) is 0 Å². The van der Waals surface area contributed by atoms with Crippen LogP contribution in [-0.2, 0) is 9.59 Å². The quantitative estimate of drug-likeness (QED) is 0.843. The van der Waals surface area contributed by atoms with Crippen LogP contribution in [0.4, 0.5) is 5.69 Å². The number of rotatable bonds is 4. The highest BCUT2D eigenvalue weighted by Gasteiger charge is 2.40. The summed E-state index contributed by atoms with van der Waals surface area (Å²) in [6, 6.07) is 7.83. The minimum atomic E-state index is -1.01. The van der Waals surface area contributed by atoms with Crippen LogP contribution in [0.2, 0.25) is 0 Å². The molecule has 2 aromatic rings. The molecular weight excluding hydrogens is 374 g/mol. The van der Waals surface area contributed by atoms with Crippen LogP contribution in [0.5, 0.6) is 0 Å². The number of aryl methyl sites for hydroxylation is 1. The number of nitrogens with zero attached hydrogens (tertiary/aromatic N) is 5. The number of likely N-dealkylation sites (tertiary alicyclic amines) is 1. The first-order valence-electron chi connectivity index (χ1n) is 9.80. The minimum absolute atomic E-state index is 0.0531. The second kappa shape index (κ2) is 8.02. The van der Waals surface area contributed by atoms with Gasteiger partial charge in [-0.1, -0.05) is 36.2 Å². The number of amides is 1. The standard InChI is InChI=1S/C20H23N5O4/c1-13-21-18(23-29-13)16-10-6-3-7-11-24(16)19(26)15-12-17(20(27)28)25(22-15)14-8-4-2-5-9-14/h2,4-5,8-9,16-17H,3,6-7,10-12H2,1H3,(H,27,28). The van der Waals surface area contributed by atoms with Gasteiger partial charge in [-0.2, -0.15) is 10.1 Å². The van der Waals surface area contributed by atoms with Gasteiger partial charge in [-0.15, -0.1) is 0 Å². The van der Waals surface area contributed by atoms with Crippen LogP contribution in [0.3, 0.4) is 0 Å². The molecule has 2 aliphatic rings. The van der Waals surface area contributed by atoms with Crippen molar-refractivity contribution in [3.63, 3.8) is 0 Å². The molecule has 0 radical (unpaired) electrons. The first-order valence-corrected chi connectivity index (χ1v) is 9.80. The lowest BCUT2D eigenvalue weighted by molar-refractivity contribution is -0.138. The number of carbonyl (C=O) groups excluding carboxylic acids is 1. The summed E-state index contributed by atoms with van der Waals surface area (Å²) in [5.41, 5.74) is 0.886. The van der Waals surface area contributed by atoms with E-state index in [4.69, 9.17) is 4.52 Å². The van der Waals surface area contributed by atoms with Crippen molar-refractivity contribution in [2.75, 3.05) is 11.6 Å². The molecule has 9 nitrogen and oxygen atoms in total. The van der Waals surface area contributed by atoms with E-state index in [1.165, 1.54) is 5.01 Å². The molecule has 2 unspecified atom stereocenters. The number of carboxylic acids is 1. The molecule has 1 aromatic heterocycles. The van der Waals surface area contributed by atoms with Gasteiger partial charge in [0.15, 0.2) is 11.9 Å². The Morgan fingerprint density at radius 2 is 1.97 bits per heavy atom. The van der Waals surface area contributed by atoms with Gasteiger partial charge in [-0.25, -0.2) is 4.79 Å². The van der Waals surface area contributed by atoms with Crippen molar-refractivity contribution in [2.45, 2.75) is 51.1 Å². The molecule has 2 atom stereocenters. The molecule has 1 fully saturated rings. The number of aromatic nitrogens is 2.